The minimum Gasteiger partial charge on any atom is -0.232 e. The van der Waals surface area contributed by atoms with Crippen LogP contribution in [-0.2, 0) is 40.9 Å². The van der Waals surface area contributed by atoms with E-state index in [0.29, 0.717) is 0 Å². The average Bonchev–Trinajstić information content (AvgIpc) is 3.87. The highest BCUT2D eigenvalue weighted by atomic mass is 32.3. The van der Waals surface area contributed by atoms with Crippen LogP contribution in [0.4, 0.5) is 0 Å². The van der Waals surface area contributed by atoms with E-state index in [0.717, 1.165) is 5.92 Å². The van der Waals surface area contributed by atoms with Crippen LogP contribution < -0.4 is 0 Å². The van der Waals surface area contributed by atoms with Crippen LogP contribution in [0.1, 0.15) is 69.7 Å². The number of fused-ring (bicyclic) bond motifs is 5. The van der Waals surface area contributed by atoms with Gasteiger partial charge in [0.15, 0.2) is 0 Å². The summed E-state index contributed by atoms with van der Waals surface area (Å²) in [5.41, 5.74) is 16.9. The van der Waals surface area contributed by atoms with Crippen molar-refractivity contribution >= 4 is 30.1 Å². The molecule has 6 aliphatic heterocycles. The van der Waals surface area contributed by atoms with E-state index in [9.17, 15) is 0 Å². The van der Waals surface area contributed by atoms with E-state index in [4.69, 9.17) is 0 Å². The van der Waals surface area contributed by atoms with E-state index in [1.165, 1.54) is 89.0 Å². The second kappa shape index (κ2) is 9.47. The largest absolute Gasteiger partial charge is 0.232 e. The predicted octanol–water partition coefficient (Wildman–Crippen LogP) is 10.4. The van der Waals surface area contributed by atoms with E-state index in [1.54, 1.807) is 55.6 Å². The summed E-state index contributed by atoms with van der Waals surface area (Å²) in [4.78, 5) is 1.82. The molecule has 0 saturated carbocycles. The lowest BCUT2D eigenvalue weighted by molar-refractivity contribution is 0.781. The Morgan fingerprint density at radius 1 is 0.512 bits per heavy atom. The average molecular weight is 621 g/mol. The highest BCUT2D eigenvalue weighted by molar-refractivity contribution is 8.34. The van der Waals surface area contributed by atoms with Crippen molar-refractivity contribution in [3.05, 3.63) is 123 Å². The van der Waals surface area contributed by atoms with Crippen molar-refractivity contribution in [1.82, 2.24) is 0 Å². The Morgan fingerprint density at radius 2 is 1.16 bits per heavy atom. The van der Waals surface area contributed by atoms with Crippen molar-refractivity contribution in [1.29, 1.82) is 0 Å². The highest BCUT2D eigenvalue weighted by Gasteiger charge is 2.43. The molecule has 0 radical (unpaired) electrons. The Bertz CT molecular complexity index is 1740. The topological polar surface area (TPSA) is 0 Å². The third kappa shape index (κ3) is 3.99. The molecule has 4 aromatic carbocycles. The zero-order valence-electron chi connectivity index (χ0n) is 25.4. The van der Waals surface area contributed by atoms with Crippen LogP contribution in [0.15, 0.2) is 83.8 Å². The molecule has 0 N–H and O–H groups in total. The normalized spacial score (nSPS) is 26.8. The van der Waals surface area contributed by atoms with Gasteiger partial charge in [0.05, 0.1) is 0 Å². The molecule has 1 unspecified atom stereocenters. The van der Waals surface area contributed by atoms with Gasteiger partial charge in [-0.2, -0.15) is 0 Å². The summed E-state index contributed by atoms with van der Waals surface area (Å²) in [5.74, 6) is 16.4. The van der Waals surface area contributed by atoms with Crippen molar-refractivity contribution < 1.29 is 0 Å². The van der Waals surface area contributed by atoms with Crippen molar-refractivity contribution in [2.45, 2.75) is 71.0 Å². The first-order valence-electron chi connectivity index (χ1n) is 16.8. The van der Waals surface area contributed by atoms with Crippen molar-refractivity contribution in [2.75, 3.05) is 28.8 Å². The second-order valence-corrected chi connectivity index (χ2v) is 25.9. The molecule has 222 valence electrons. The van der Waals surface area contributed by atoms with Crippen LogP contribution in [0.2, 0.25) is 0 Å². The molecule has 0 aliphatic carbocycles. The Kier molecular flexibility index (Phi) is 5.77. The number of rotatable bonds is 2. The smallest absolute Gasteiger partial charge is 0.00431 e. The summed E-state index contributed by atoms with van der Waals surface area (Å²) >= 11 is 0. The standard InChI is InChI=1S/C40H44S3/c1-2-9-30-23-41(22-29(30)8-1)18-14-33(24-41)34-20-35-27-42(25-31-10-3-4-11-32(31)26-42)28-39(35)38(21-34)36-12-7-13-40-37(36)15-19-43(40)16-5-6-17-43/h1-4,7-13,20-21,33H,5-6,14-19,22-28H2. The van der Waals surface area contributed by atoms with Gasteiger partial charge in [0.1, 0.15) is 0 Å². The van der Waals surface area contributed by atoms with Crippen molar-refractivity contribution in [3.8, 4) is 11.1 Å². The zero-order valence-corrected chi connectivity index (χ0v) is 27.9. The summed E-state index contributed by atoms with van der Waals surface area (Å²) in [6, 6.07) is 31.9. The molecule has 6 heterocycles. The lowest BCUT2D eigenvalue weighted by Crippen LogP contribution is -2.05. The van der Waals surface area contributed by atoms with Crippen LogP contribution in [0, 0.1) is 0 Å². The zero-order chi connectivity index (χ0) is 28.2. The Labute approximate surface area is 263 Å². The van der Waals surface area contributed by atoms with Gasteiger partial charge in [-0.05, 0) is 127 Å². The lowest BCUT2D eigenvalue weighted by Gasteiger charge is -2.32. The molecule has 2 fully saturated rings. The molecular weight excluding hydrogens is 577 g/mol. The summed E-state index contributed by atoms with van der Waals surface area (Å²) in [5, 5.41) is 0. The van der Waals surface area contributed by atoms with Crippen LogP contribution in [0.5, 0.6) is 0 Å². The lowest BCUT2D eigenvalue weighted by atomic mass is 9.87. The molecule has 0 amide bonds. The molecule has 6 aliphatic rings. The van der Waals surface area contributed by atoms with Gasteiger partial charge in [0.2, 0.25) is 0 Å². The molecule has 0 aromatic heterocycles. The predicted molar refractivity (Wildman–Crippen MR) is 193 cm³/mol. The summed E-state index contributed by atoms with van der Waals surface area (Å²) in [7, 11) is -1.79. The minimum absolute atomic E-state index is 0.547. The van der Waals surface area contributed by atoms with Gasteiger partial charge >= 0.3 is 0 Å². The van der Waals surface area contributed by atoms with E-state index in [2.05, 4.69) is 78.9 Å². The molecule has 10 rings (SSSR count). The fourth-order valence-electron chi connectivity index (χ4n) is 10.2. The van der Waals surface area contributed by atoms with E-state index >= 15 is 0 Å². The summed E-state index contributed by atoms with van der Waals surface area (Å²) < 4.78 is 0. The molecule has 0 nitrogen and oxygen atoms in total. The Morgan fingerprint density at radius 3 is 1.86 bits per heavy atom. The second-order valence-electron chi connectivity index (χ2n) is 14.8. The molecule has 2 saturated heterocycles. The van der Waals surface area contributed by atoms with Gasteiger partial charge in [0.25, 0.3) is 0 Å². The number of benzene rings is 4. The molecular formula is C40H44S3. The highest BCUT2D eigenvalue weighted by Crippen LogP contribution is 2.71. The van der Waals surface area contributed by atoms with Gasteiger partial charge in [-0.1, -0.05) is 72.8 Å². The van der Waals surface area contributed by atoms with E-state index in [-0.39, 0.29) is 0 Å². The SMILES string of the molecule is c1ccc2c(c1)CS1(C2)Cc2cc(C3CCS4(Cc5ccccc5C4)C3)cc(-c3cccc4c3CCS43CCCC3)c2C1. The van der Waals surface area contributed by atoms with E-state index in [1.807, 2.05) is 4.90 Å². The molecule has 4 aromatic rings. The molecule has 3 spiro atoms. The number of hydrogen-bond acceptors (Lipinski definition) is 0. The first-order valence-corrected chi connectivity index (χ1v) is 23.5. The van der Waals surface area contributed by atoms with Crippen LogP contribution in [0.3, 0.4) is 0 Å². The molecule has 0 bridgehead atoms. The molecule has 3 heteroatoms. The van der Waals surface area contributed by atoms with Gasteiger partial charge in [-0.3, -0.25) is 0 Å². The fourth-order valence-corrected chi connectivity index (χ4v) is 23.7. The molecule has 43 heavy (non-hydrogen) atoms. The minimum atomic E-state index is -0.699. The first kappa shape index (κ1) is 26.2. The number of hydrogen-bond donors (Lipinski definition) is 0. The maximum absolute atomic E-state index is 2.77. The van der Waals surface area contributed by atoms with Gasteiger partial charge in [-0.25, -0.2) is 30.1 Å². The van der Waals surface area contributed by atoms with Gasteiger partial charge in [0, 0.05) is 34.5 Å². The Hall–Kier alpha value is -2.07. The summed E-state index contributed by atoms with van der Waals surface area (Å²) in [6.45, 7) is 0. The molecule has 1 atom stereocenters. The van der Waals surface area contributed by atoms with Gasteiger partial charge < -0.3 is 0 Å². The maximum Gasteiger partial charge on any atom is 0.00431 e. The van der Waals surface area contributed by atoms with Crippen molar-refractivity contribution in [3.63, 3.8) is 0 Å². The Balaban J connectivity index is 1.07. The third-order valence-electron chi connectivity index (χ3n) is 12.2. The van der Waals surface area contributed by atoms with Crippen LogP contribution in [0.25, 0.3) is 11.1 Å². The third-order valence-corrected chi connectivity index (χ3v) is 24.4. The van der Waals surface area contributed by atoms with Crippen LogP contribution in [-0.4, -0.2) is 28.8 Å². The first-order chi connectivity index (χ1) is 21.1. The quantitative estimate of drug-likeness (QED) is 0.209. The fraction of sp³-hybridized carbons (Fsp3) is 0.400. The monoisotopic (exact) mass is 620 g/mol. The van der Waals surface area contributed by atoms with Crippen molar-refractivity contribution in [2.24, 2.45) is 0 Å². The van der Waals surface area contributed by atoms with Crippen LogP contribution >= 0.6 is 30.1 Å². The van der Waals surface area contributed by atoms with Gasteiger partial charge in [-0.15, -0.1) is 0 Å². The van der Waals surface area contributed by atoms with E-state index < -0.39 is 30.1 Å². The summed E-state index contributed by atoms with van der Waals surface area (Å²) in [6.07, 6.45) is 5.67. The maximum atomic E-state index is 2.77.